The summed E-state index contributed by atoms with van der Waals surface area (Å²) >= 11 is 0. The fourth-order valence-electron chi connectivity index (χ4n) is 4.55. The summed E-state index contributed by atoms with van der Waals surface area (Å²) in [6, 6.07) is 21.4. The number of rotatable bonds is 10. The topological polar surface area (TPSA) is 73.7 Å². The van der Waals surface area contributed by atoms with E-state index in [9.17, 15) is 9.59 Å². The van der Waals surface area contributed by atoms with Crippen molar-refractivity contribution in [3.63, 3.8) is 0 Å². The molecule has 4 aromatic rings. The van der Waals surface area contributed by atoms with Crippen molar-refractivity contribution in [2.75, 3.05) is 20.8 Å². The van der Waals surface area contributed by atoms with Crippen molar-refractivity contribution in [1.82, 2.24) is 14.5 Å². The number of hydrogen-bond acceptors (Lipinski definition) is 5. The molecule has 0 bridgehead atoms. The van der Waals surface area contributed by atoms with Crippen LogP contribution in [0.15, 0.2) is 77.6 Å². The number of carbonyl (C=O) groups is 1. The van der Waals surface area contributed by atoms with Crippen LogP contribution in [0.25, 0.3) is 16.6 Å². The molecular weight excluding hydrogens is 466 g/mol. The summed E-state index contributed by atoms with van der Waals surface area (Å²) in [4.78, 5) is 34.6. The lowest BCUT2D eigenvalue weighted by atomic mass is 10.1. The summed E-state index contributed by atoms with van der Waals surface area (Å²) < 4.78 is 12.3. The van der Waals surface area contributed by atoms with Crippen molar-refractivity contribution in [3.05, 3.63) is 94.5 Å². The van der Waals surface area contributed by atoms with E-state index in [1.807, 2.05) is 66.4 Å². The lowest BCUT2D eigenvalue weighted by Crippen LogP contribution is -2.39. The molecule has 1 atom stereocenters. The predicted molar refractivity (Wildman–Crippen MR) is 146 cm³/mol. The van der Waals surface area contributed by atoms with Gasteiger partial charge in [0.2, 0.25) is 0 Å². The van der Waals surface area contributed by atoms with Crippen molar-refractivity contribution in [3.8, 4) is 17.2 Å². The third kappa shape index (κ3) is 5.35. The highest BCUT2D eigenvalue weighted by atomic mass is 16.5. The van der Waals surface area contributed by atoms with Gasteiger partial charge in [0.15, 0.2) is 0 Å². The maximum atomic E-state index is 13.9. The minimum atomic E-state index is -0.426. The molecule has 7 nitrogen and oxygen atoms in total. The van der Waals surface area contributed by atoms with Gasteiger partial charge < -0.3 is 14.4 Å². The molecule has 0 fully saturated rings. The summed E-state index contributed by atoms with van der Waals surface area (Å²) in [6.07, 6.45) is 2.33. The molecule has 0 aliphatic heterocycles. The maximum Gasteiger partial charge on any atom is 0.266 e. The number of carbonyl (C=O) groups excluding carboxylic acids is 1. The number of ether oxygens (including phenoxy) is 2. The molecule has 1 unspecified atom stereocenters. The third-order valence-electron chi connectivity index (χ3n) is 6.52. The second-order valence-corrected chi connectivity index (χ2v) is 8.83. The van der Waals surface area contributed by atoms with Gasteiger partial charge in [0.1, 0.15) is 17.3 Å². The quantitative estimate of drug-likeness (QED) is 0.276. The van der Waals surface area contributed by atoms with Crippen LogP contribution in [0.1, 0.15) is 55.3 Å². The van der Waals surface area contributed by atoms with Gasteiger partial charge in [0.05, 0.1) is 36.9 Å². The van der Waals surface area contributed by atoms with Crippen LogP contribution in [0.4, 0.5) is 0 Å². The molecule has 1 heterocycles. The van der Waals surface area contributed by atoms with Gasteiger partial charge in [-0.3, -0.25) is 14.2 Å². The minimum absolute atomic E-state index is 0.122. The number of aromatic nitrogens is 2. The SMILES string of the molecule is CCCCN(C(=O)c1cccc(OC)c1)C(CC)c1nc2ccccc2c(=O)n1-c1ccc(OC)cc1. The Balaban J connectivity index is 1.92. The molecule has 0 saturated carbocycles. The van der Waals surface area contributed by atoms with Crippen LogP contribution in [-0.4, -0.2) is 41.1 Å². The largest absolute Gasteiger partial charge is 0.497 e. The second kappa shape index (κ2) is 11.7. The van der Waals surface area contributed by atoms with Gasteiger partial charge in [0, 0.05) is 12.1 Å². The predicted octanol–water partition coefficient (Wildman–Crippen LogP) is 5.80. The molecule has 37 heavy (non-hydrogen) atoms. The number of methoxy groups -OCH3 is 2. The van der Waals surface area contributed by atoms with Crippen molar-refractivity contribution < 1.29 is 14.3 Å². The second-order valence-electron chi connectivity index (χ2n) is 8.83. The first-order chi connectivity index (χ1) is 18.0. The maximum absolute atomic E-state index is 13.9. The summed E-state index contributed by atoms with van der Waals surface area (Å²) in [6.45, 7) is 4.65. The lowest BCUT2D eigenvalue weighted by molar-refractivity contribution is 0.0655. The summed E-state index contributed by atoms with van der Waals surface area (Å²) in [5.74, 6) is 1.72. The third-order valence-corrected chi connectivity index (χ3v) is 6.52. The van der Waals surface area contributed by atoms with Crippen molar-refractivity contribution in [2.45, 2.75) is 39.2 Å². The Kier molecular flexibility index (Phi) is 8.23. The van der Waals surface area contributed by atoms with Gasteiger partial charge in [-0.1, -0.05) is 38.5 Å². The average Bonchev–Trinajstić information content (AvgIpc) is 2.95. The van der Waals surface area contributed by atoms with Crippen LogP contribution in [0, 0.1) is 0 Å². The number of hydrogen-bond donors (Lipinski definition) is 0. The van der Waals surface area contributed by atoms with E-state index in [1.165, 1.54) is 0 Å². The molecule has 1 aromatic heterocycles. The Morgan fingerprint density at radius 2 is 1.68 bits per heavy atom. The van der Waals surface area contributed by atoms with Crippen molar-refractivity contribution >= 4 is 16.8 Å². The number of unbranched alkanes of at least 4 members (excludes halogenated alkanes) is 1. The number of amides is 1. The first kappa shape index (κ1) is 25.9. The standard InChI is InChI=1S/C30H33N3O4/c1-5-7-19-32(29(34)21-11-10-12-24(20-21)37-4)27(6-2)28-31-26-14-9-8-13-25(26)30(35)33(28)22-15-17-23(36-3)18-16-22/h8-18,20,27H,5-7,19H2,1-4H3. The molecular formula is C30H33N3O4. The normalized spacial score (nSPS) is 11.8. The number of para-hydroxylation sites is 1. The Hall–Kier alpha value is -4.13. The van der Waals surface area contributed by atoms with Gasteiger partial charge in [-0.2, -0.15) is 0 Å². The molecule has 4 rings (SSSR count). The molecule has 0 radical (unpaired) electrons. The van der Waals surface area contributed by atoms with E-state index < -0.39 is 6.04 Å². The van der Waals surface area contributed by atoms with E-state index in [0.717, 1.165) is 12.8 Å². The van der Waals surface area contributed by atoms with E-state index >= 15 is 0 Å². The van der Waals surface area contributed by atoms with Gasteiger partial charge in [-0.15, -0.1) is 0 Å². The number of fused-ring (bicyclic) bond motifs is 1. The number of benzene rings is 3. The van der Waals surface area contributed by atoms with Crippen LogP contribution in [0.5, 0.6) is 11.5 Å². The first-order valence-electron chi connectivity index (χ1n) is 12.6. The molecule has 0 N–H and O–H groups in total. The molecule has 7 heteroatoms. The molecule has 1 amide bonds. The summed E-state index contributed by atoms with van der Waals surface area (Å²) in [5, 5.41) is 0.524. The Morgan fingerprint density at radius 3 is 2.35 bits per heavy atom. The van der Waals surface area contributed by atoms with E-state index in [4.69, 9.17) is 14.5 Å². The van der Waals surface area contributed by atoms with E-state index in [-0.39, 0.29) is 11.5 Å². The van der Waals surface area contributed by atoms with E-state index in [0.29, 0.717) is 52.4 Å². The molecule has 3 aromatic carbocycles. The van der Waals surface area contributed by atoms with Crippen LogP contribution < -0.4 is 15.0 Å². The van der Waals surface area contributed by atoms with E-state index in [2.05, 4.69) is 6.92 Å². The highest BCUT2D eigenvalue weighted by Gasteiger charge is 2.29. The highest BCUT2D eigenvalue weighted by molar-refractivity contribution is 5.95. The van der Waals surface area contributed by atoms with Gasteiger partial charge in [-0.25, -0.2) is 4.98 Å². The zero-order chi connectivity index (χ0) is 26.4. The fourth-order valence-corrected chi connectivity index (χ4v) is 4.55. The Bertz CT molecular complexity index is 1430. The van der Waals surface area contributed by atoms with E-state index in [1.54, 1.807) is 37.0 Å². The Labute approximate surface area is 217 Å². The average molecular weight is 500 g/mol. The van der Waals surface area contributed by atoms with Crippen molar-refractivity contribution in [1.29, 1.82) is 0 Å². The zero-order valence-corrected chi connectivity index (χ0v) is 21.8. The van der Waals surface area contributed by atoms with Gasteiger partial charge >= 0.3 is 0 Å². The Morgan fingerprint density at radius 1 is 0.946 bits per heavy atom. The summed E-state index contributed by atoms with van der Waals surface area (Å²) in [5.41, 5.74) is 1.64. The van der Waals surface area contributed by atoms with Gasteiger partial charge in [0.25, 0.3) is 11.5 Å². The molecule has 0 aliphatic carbocycles. The highest BCUT2D eigenvalue weighted by Crippen LogP contribution is 2.29. The molecule has 0 saturated heterocycles. The lowest BCUT2D eigenvalue weighted by Gasteiger charge is -2.32. The molecule has 0 spiro atoms. The fraction of sp³-hybridized carbons (Fsp3) is 0.300. The first-order valence-corrected chi connectivity index (χ1v) is 12.6. The van der Waals surface area contributed by atoms with Crippen LogP contribution in [0.2, 0.25) is 0 Å². The molecule has 0 aliphatic rings. The van der Waals surface area contributed by atoms with Crippen LogP contribution >= 0.6 is 0 Å². The van der Waals surface area contributed by atoms with Gasteiger partial charge in [-0.05, 0) is 67.4 Å². The monoisotopic (exact) mass is 499 g/mol. The zero-order valence-electron chi connectivity index (χ0n) is 21.8. The van der Waals surface area contributed by atoms with Crippen molar-refractivity contribution in [2.24, 2.45) is 0 Å². The summed E-state index contributed by atoms with van der Waals surface area (Å²) in [7, 11) is 3.19. The van der Waals surface area contributed by atoms with Crippen LogP contribution in [0.3, 0.4) is 0 Å². The molecule has 192 valence electrons. The smallest absolute Gasteiger partial charge is 0.266 e. The number of nitrogens with zero attached hydrogens (tertiary/aromatic N) is 3. The minimum Gasteiger partial charge on any atom is -0.497 e. The van der Waals surface area contributed by atoms with Crippen LogP contribution in [-0.2, 0) is 0 Å².